The molecule has 1 aliphatic rings. The molecule has 5 heteroatoms. The van der Waals surface area contributed by atoms with Crippen LogP contribution in [0.5, 0.6) is 11.5 Å². The molecule has 2 N–H and O–H groups in total. The molecule has 80 valence electrons. The second-order valence-corrected chi connectivity index (χ2v) is 3.24. The Bertz CT molecular complexity index is 354. The number of para-hydroxylation sites is 2. The van der Waals surface area contributed by atoms with Crippen molar-refractivity contribution >= 4 is 5.97 Å². The minimum atomic E-state index is -0.946. The number of nitrogens with one attached hydrogen (secondary N) is 1. The Morgan fingerprint density at radius 1 is 1.40 bits per heavy atom. The van der Waals surface area contributed by atoms with Gasteiger partial charge < -0.3 is 14.6 Å². The van der Waals surface area contributed by atoms with Crippen LogP contribution in [-0.2, 0) is 4.79 Å². The summed E-state index contributed by atoms with van der Waals surface area (Å²) in [6, 6.07) is 6.46. The van der Waals surface area contributed by atoms with Crippen molar-refractivity contribution in [3.8, 4) is 11.5 Å². The summed E-state index contributed by atoms with van der Waals surface area (Å²) < 4.78 is 10.7. The van der Waals surface area contributed by atoms with E-state index < -0.39 is 18.4 Å². The normalized spacial score (nSPS) is 16.3. The summed E-state index contributed by atoms with van der Waals surface area (Å²) in [6.45, 7) is 1.53. The number of fused-ring (bicyclic) bond motifs is 1. The van der Waals surface area contributed by atoms with Crippen molar-refractivity contribution in [1.82, 2.24) is 5.32 Å². The zero-order valence-corrected chi connectivity index (χ0v) is 8.14. The lowest BCUT2D eigenvalue weighted by Crippen LogP contribution is -2.45. The first kappa shape index (κ1) is 9.79. The number of rotatable bonds is 3. The fraction of sp³-hybridized carbons (Fsp3) is 0.300. The van der Waals surface area contributed by atoms with E-state index in [9.17, 15) is 4.79 Å². The summed E-state index contributed by atoms with van der Waals surface area (Å²) in [7, 11) is 0. The van der Waals surface area contributed by atoms with E-state index in [0.29, 0.717) is 11.5 Å². The Hall–Kier alpha value is -1.75. The van der Waals surface area contributed by atoms with Gasteiger partial charge in [0.1, 0.15) is 6.04 Å². The highest BCUT2D eigenvalue weighted by molar-refractivity contribution is 5.72. The molecule has 1 aromatic carbocycles. The smallest absolute Gasteiger partial charge is 0.320 e. The highest BCUT2D eigenvalue weighted by atomic mass is 16.7. The molecular weight excluding hydrogens is 198 g/mol. The van der Waals surface area contributed by atoms with E-state index in [1.165, 1.54) is 6.92 Å². The number of benzene rings is 1. The molecule has 0 unspecified atom stereocenters. The van der Waals surface area contributed by atoms with Gasteiger partial charge in [0.15, 0.2) is 11.5 Å². The van der Waals surface area contributed by atoms with Gasteiger partial charge in [0, 0.05) is 0 Å². The highest BCUT2D eigenvalue weighted by Crippen LogP contribution is 2.33. The second kappa shape index (κ2) is 3.78. The number of carbonyl (C=O) groups is 1. The largest absolute Gasteiger partial charge is 0.480 e. The molecule has 0 spiro atoms. The SMILES string of the molecule is C[C@H](NC1Oc2ccccc2O1)C(=O)O. The van der Waals surface area contributed by atoms with Crippen LogP contribution in [-0.4, -0.2) is 23.5 Å². The molecular formula is C10H11NO4. The van der Waals surface area contributed by atoms with Crippen LogP contribution in [0.4, 0.5) is 0 Å². The third-order valence-electron chi connectivity index (χ3n) is 2.07. The van der Waals surface area contributed by atoms with Crippen LogP contribution in [0.3, 0.4) is 0 Å². The van der Waals surface area contributed by atoms with Crippen LogP contribution >= 0.6 is 0 Å². The van der Waals surface area contributed by atoms with Crippen LogP contribution in [0.25, 0.3) is 0 Å². The summed E-state index contributed by atoms with van der Waals surface area (Å²) in [5, 5.41) is 11.4. The summed E-state index contributed by atoms with van der Waals surface area (Å²) >= 11 is 0. The number of carboxylic acids is 1. The van der Waals surface area contributed by atoms with E-state index in [1.807, 2.05) is 12.1 Å². The number of carboxylic acid groups (broad SMARTS) is 1. The molecule has 1 aromatic rings. The molecule has 0 radical (unpaired) electrons. The van der Waals surface area contributed by atoms with Crippen molar-refractivity contribution in [3.05, 3.63) is 24.3 Å². The fourth-order valence-corrected chi connectivity index (χ4v) is 1.24. The summed E-state index contributed by atoms with van der Waals surface area (Å²) in [4.78, 5) is 10.6. The molecule has 0 amide bonds. The first-order valence-electron chi connectivity index (χ1n) is 4.58. The molecule has 1 heterocycles. The minimum absolute atomic E-state index is 0.618. The lowest BCUT2D eigenvalue weighted by molar-refractivity contribution is -0.141. The first-order valence-corrected chi connectivity index (χ1v) is 4.58. The Morgan fingerprint density at radius 2 is 1.93 bits per heavy atom. The first-order chi connectivity index (χ1) is 7.16. The van der Waals surface area contributed by atoms with Crippen LogP contribution in [0, 0.1) is 0 Å². The molecule has 5 nitrogen and oxygen atoms in total. The van der Waals surface area contributed by atoms with Crippen molar-refractivity contribution in [2.24, 2.45) is 0 Å². The molecule has 0 saturated heterocycles. The maximum absolute atomic E-state index is 10.6. The highest BCUT2D eigenvalue weighted by Gasteiger charge is 2.26. The quantitative estimate of drug-likeness (QED) is 0.770. The van der Waals surface area contributed by atoms with Gasteiger partial charge in [-0.25, -0.2) is 5.32 Å². The maximum atomic E-state index is 10.6. The van der Waals surface area contributed by atoms with Crippen LogP contribution in [0.1, 0.15) is 6.92 Å². The molecule has 1 atom stereocenters. The van der Waals surface area contributed by atoms with Crippen molar-refractivity contribution in [2.45, 2.75) is 19.4 Å². The standard InChI is InChI=1S/C10H11NO4/c1-6(9(12)13)11-10-14-7-4-2-3-5-8(7)15-10/h2-6,10-11H,1H3,(H,12,13)/t6-/m0/s1. The number of ether oxygens (including phenoxy) is 2. The number of hydrogen-bond acceptors (Lipinski definition) is 4. The van der Waals surface area contributed by atoms with Crippen molar-refractivity contribution in [3.63, 3.8) is 0 Å². The van der Waals surface area contributed by atoms with Gasteiger partial charge in [-0.1, -0.05) is 12.1 Å². The van der Waals surface area contributed by atoms with Crippen molar-refractivity contribution in [2.75, 3.05) is 0 Å². The van der Waals surface area contributed by atoms with Gasteiger partial charge in [0.2, 0.25) is 0 Å². The van der Waals surface area contributed by atoms with Gasteiger partial charge in [0.05, 0.1) is 0 Å². The Morgan fingerprint density at radius 3 is 2.40 bits per heavy atom. The van der Waals surface area contributed by atoms with Gasteiger partial charge in [-0.05, 0) is 19.1 Å². The maximum Gasteiger partial charge on any atom is 0.320 e. The summed E-state index contributed by atoms with van der Waals surface area (Å²) in [6.07, 6.45) is -0.728. The van der Waals surface area contributed by atoms with Crippen LogP contribution in [0.15, 0.2) is 24.3 Å². The zero-order valence-electron chi connectivity index (χ0n) is 8.14. The molecule has 2 rings (SSSR count). The molecule has 1 aliphatic heterocycles. The Kier molecular flexibility index (Phi) is 2.47. The average molecular weight is 209 g/mol. The predicted molar refractivity (Wildman–Crippen MR) is 51.7 cm³/mol. The van der Waals surface area contributed by atoms with Gasteiger partial charge >= 0.3 is 12.4 Å². The minimum Gasteiger partial charge on any atom is -0.480 e. The summed E-state index contributed by atoms with van der Waals surface area (Å²) in [5.74, 6) is 0.290. The average Bonchev–Trinajstić information content (AvgIpc) is 2.59. The topological polar surface area (TPSA) is 67.8 Å². The zero-order chi connectivity index (χ0) is 10.8. The molecule has 0 aliphatic carbocycles. The molecule has 15 heavy (non-hydrogen) atoms. The molecule has 0 saturated carbocycles. The van der Waals surface area contributed by atoms with Crippen LogP contribution < -0.4 is 14.8 Å². The third-order valence-corrected chi connectivity index (χ3v) is 2.07. The van der Waals surface area contributed by atoms with Gasteiger partial charge in [0.25, 0.3) is 0 Å². The number of aliphatic carboxylic acids is 1. The van der Waals surface area contributed by atoms with E-state index >= 15 is 0 Å². The van der Waals surface area contributed by atoms with E-state index in [1.54, 1.807) is 12.1 Å². The van der Waals surface area contributed by atoms with E-state index in [2.05, 4.69) is 5.32 Å². The van der Waals surface area contributed by atoms with Gasteiger partial charge in [-0.15, -0.1) is 0 Å². The number of hydrogen-bond donors (Lipinski definition) is 2. The second-order valence-electron chi connectivity index (χ2n) is 3.24. The summed E-state index contributed by atoms with van der Waals surface area (Å²) in [5.41, 5.74) is 0. The van der Waals surface area contributed by atoms with Crippen molar-refractivity contribution in [1.29, 1.82) is 0 Å². The van der Waals surface area contributed by atoms with E-state index in [4.69, 9.17) is 14.6 Å². The fourth-order valence-electron chi connectivity index (χ4n) is 1.24. The van der Waals surface area contributed by atoms with E-state index in [-0.39, 0.29) is 0 Å². The van der Waals surface area contributed by atoms with Gasteiger partial charge in [-0.3, -0.25) is 4.79 Å². The van der Waals surface area contributed by atoms with Crippen molar-refractivity contribution < 1.29 is 19.4 Å². The third kappa shape index (κ3) is 2.02. The molecule has 0 fully saturated rings. The predicted octanol–water partition coefficient (Wildman–Crippen LogP) is 0.804. The lowest BCUT2D eigenvalue weighted by Gasteiger charge is -2.14. The Balaban J connectivity index is 1.99. The van der Waals surface area contributed by atoms with Gasteiger partial charge in [-0.2, -0.15) is 0 Å². The van der Waals surface area contributed by atoms with E-state index in [0.717, 1.165) is 0 Å². The molecule has 0 bridgehead atoms. The Labute approximate surface area is 86.6 Å². The van der Waals surface area contributed by atoms with Crippen LogP contribution in [0.2, 0.25) is 0 Å². The molecule has 0 aromatic heterocycles. The monoisotopic (exact) mass is 209 g/mol. The lowest BCUT2D eigenvalue weighted by atomic mass is 10.3.